The maximum absolute atomic E-state index is 5.04. The first-order valence-electron chi connectivity index (χ1n) is 11.3. The Morgan fingerprint density at radius 2 is 0.647 bits per heavy atom. The van der Waals surface area contributed by atoms with Gasteiger partial charge in [0.15, 0.2) is 0 Å². The van der Waals surface area contributed by atoms with Crippen molar-refractivity contribution in [2.75, 3.05) is 0 Å². The van der Waals surface area contributed by atoms with Crippen molar-refractivity contribution >= 4 is 0 Å². The van der Waals surface area contributed by atoms with Crippen molar-refractivity contribution in [3.8, 4) is 56.7 Å². The van der Waals surface area contributed by atoms with Crippen molar-refractivity contribution in [1.29, 1.82) is 0 Å². The molecule has 0 fully saturated rings. The number of rotatable bonds is 5. The summed E-state index contributed by atoms with van der Waals surface area (Å²) in [5.41, 5.74) is 7.78. The summed E-state index contributed by atoms with van der Waals surface area (Å²) in [6.07, 6.45) is 0. The molecular formula is C30H22N4. The van der Waals surface area contributed by atoms with Gasteiger partial charge in [-0.1, -0.05) is 121 Å². The van der Waals surface area contributed by atoms with E-state index in [1.807, 2.05) is 72.8 Å². The minimum absolute atomic E-state index is 0.823. The molecule has 0 amide bonds. The zero-order valence-electron chi connectivity index (χ0n) is 18.4. The van der Waals surface area contributed by atoms with Gasteiger partial charge in [-0.15, -0.1) is 0 Å². The van der Waals surface area contributed by atoms with E-state index in [2.05, 4.69) is 58.5 Å². The highest BCUT2D eigenvalue weighted by Gasteiger charge is 2.22. The monoisotopic (exact) mass is 438 g/mol. The smallest absolute Gasteiger partial charge is 0.138 e. The SMILES string of the molecule is c1ccc(-c2nc(-c3ccccc3)c(-c3[nH]c(-c4ccccc4)nc3-c3ccccc3)[nH]2)cc1. The summed E-state index contributed by atoms with van der Waals surface area (Å²) in [6.45, 7) is 0. The molecule has 0 unspecified atom stereocenters. The number of aromatic nitrogens is 4. The molecule has 34 heavy (non-hydrogen) atoms. The molecule has 0 aliphatic rings. The van der Waals surface area contributed by atoms with Gasteiger partial charge in [-0.2, -0.15) is 0 Å². The van der Waals surface area contributed by atoms with E-state index >= 15 is 0 Å². The molecule has 2 aromatic heterocycles. The van der Waals surface area contributed by atoms with Crippen LogP contribution in [0.1, 0.15) is 0 Å². The number of aromatic amines is 2. The topological polar surface area (TPSA) is 57.4 Å². The number of nitrogens with one attached hydrogen (secondary N) is 2. The molecule has 6 aromatic rings. The summed E-state index contributed by atoms with van der Waals surface area (Å²) in [5, 5.41) is 0. The number of hydrogen-bond acceptors (Lipinski definition) is 2. The van der Waals surface area contributed by atoms with E-state index in [-0.39, 0.29) is 0 Å². The fourth-order valence-corrected chi connectivity index (χ4v) is 4.18. The lowest BCUT2D eigenvalue weighted by molar-refractivity contribution is 1.29. The lowest BCUT2D eigenvalue weighted by Gasteiger charge is -2.04. The molecule has 4 aromatic carbocycles. The lowest BCUT2D eigenvalue weighted by atomic mass is 10.0. The van der Waals surface area contributed by atoms with E-state index in [0.717, 1.165) is 56.7 Å². The van der Waals surface area contributed by atoms with Crippen LogP contribution in [0.3, 0.4) is 0 Å². The number of H-pyrrole nitrogens is 2. The standard InChI is InChI=1S/C30H22N4/c1-5-13-21(14-6-1)25-27(33-29(31-25)23-17-9-3-10-18-23)28-26(22-15-7-2-8-16-22)32-30(34-28)24-19-11-4-12-20-24/h1-20H,(H,31,33)(H,32,34). The molecule has 0 spiro atoms. The van der Waals surface area contributed by atoms with Gasteiger partial charge >= 0.3 is 0 Å². The van der Waals surface area contributed by atoms with Crippen molar-refractivity contribution in [3.63, 3.8) is 0 Å². The molecule has 4 heteroatoms. The second-order valence-corrected chi connectivity index (χ2v) is 8.08. The van der Waals surface area contributed by atoms with Crippen LogP contribution < -0.4 is 0 Å². The van der Waals surface area contributed by atoms with E-state index in [0.29, 0.717) is 0 Å². The number of imidazole rings is 2. The fraction of sp³-hybridized carbons (Fsp3) is 0. The molecule has 4 nitrogen and oxygen atoms in total. The summed E-state index contributed by atoms with van der Waals surface area (Å²) >= 11 is 0. The van der Waals surface area contributed by atoms with Crippen LogP contribution in [0, 0.1) is 0 Å². The van der Waals surface area contributed by atoms with Crippen molar-refractivity contribution in [2.24, 2.45) is 0 Å². The van der Waals surface area contributed by atoms with E-state index in [1.54, 1.807) is 0 Å². The van der Waals surface area contributed by atoms with E-state index in [1.165, 1.54) is 0 Å². The number of benzene rings is 4. The molecule has 0 atom stereocenters. The second kappa shape index (κ2) is 8.68. The molecule has 0 aliphatic carbocycles. The molecule has 2 heterocycles. The number of nitrogens with zero attached hydrogens (tertiary/aromatic N) is 2. The summed E-state index contributed by atoms with van der Waals surface area (Å²) < 4.78 is 0. The lowest BCUT2D eigenvalue weighted by Crippen LogP contribution is -1.87. The molecular weight excluding hydrogens is 416 g/mol. The average molecular weight is 439 g/mol. The molecule has 0 radical (unpaired) electrons. The number of hydrogen-bond donors (Lipinski definition) is 2. The highest BCUT2D eigenvalue weighted by molar-refractivity contribution is 5.88. The highest BCUT2D eigenvalue weighted by atomic mass is 15.0. The summed E-state index contributed by atoms with van der Waals surface area (Å²) in [6, 6.07) is 41.0. The van der Waals surface area contributed by atoms with Crippen molar-refractivity contribution in [1.82, 2.24) is 19.9 Å². The molecule has 2 N–H and O–H groups in total. The van der Waals surface area contributed by atoms with Crippen molar-refractivity contribution < 1.29 is 0 Å². The Labute approximate surface area is 198 Å². The van der Waals surface area contributed by atoms with Gasteiger partial charge in [0.1, 0.15) is 11.6 Å². The van der Waals surface area contributed by atoms with Crippen LogP contribution in [-0.4, -0.2) is 19.9 Å². The van der Waals surface area contributed by atoms with Crippen LogP contribution in [0.25, 0.3) is 56.7 Å². The van der Waals surface area contributed by atoms with Gasteiger partial charge in [-0.3, -0.25) is 0 Å². The average Bonchev–Trinajstić information content (AvgIpc) is 3.56. The van der Waals surface area contributed by atoms with Gasteiger partial charge in [0, 0.05) is 22.3 Å². The van der Waals surface area contributed by atoms with Gasteiger partial charge in [-0.25, -0.2) is 9.97 Å². The van der Waals surface area contributed by atoms with E-state index < -0.39 is 0 Å². The van der Waals surface area contributed by atoms with Crippen LogP contribution in [0.5, 0.6) is 0 Å². The summed E-state index contributed by atoms with van der Waals surface area (Å²) in [5.74, 6) is 1.65. The fourth-order valence-electron chi connectivity index (χ4n) is 4.18. The largest absolute Gasteiger partial charge is 0.336 e. The third-order valence-corrected chi connectivity index (χ3v) is 5.85. The Kier molecular flexibility index (Phi) is 5.09. The summed E-state index contributed by atoms with van der Waals surface area (Å²) in [7, 11) is 0. The zero-order valence-corrected chi connectivity index (χ0v) is 18.4. The minimum atomic E-state index is 0.823. The zero-order chi connectivity index (χ0) is 22.7. The Hall–Kier alpha value is -4.70. The Morgan fingerprint density at radius 1 is 0.353 bits per heavy atom. The normalized spacial score (nSPS) is 10.9. The van der Waals surface area contributed by atoms with Crippen LogP contribution in [-0.2, 0) is 0 Å². The Bertz CT molecular complexity index is 1400. The minimum Gasteiger partial charge on any atom is -0.336 e. The Morgan fingerprint density at radius 3 is 0.971 bits per heavy atom. The van der Waals surface area contributed by atoms with Crippen molar-refractivity contribution in [3.05, 3.63) is 121 Å². The molecule has 0 saturated carbocycles. The molecule has 0 bridgehead atoms. The molecule has 0 aliphatic heterocycles. The molecule has 6 rings (SSSR count). The van der Waals surface area contributed by atoms with Crippen molar-refractivity contribution in [2.45, 2.75) is 0 Å². The maximum Gasteiger partial charge on any atom is 0.138 e. The first kappa shape index (κ1) is 19.9. The second-order valence-electron chi connectivity index (χ2n) is 8.08. The van der Waals surface area contributed by atoms with Gasteiger partial charge < -0.3 is 9.97 Å². The van der Waals surface area contributed by atoms with Gasteiger partial charge in [0.25, 0.3) is 0 Å². The van der Waals surface area contributed by atoms with Gasteiger partial charge in [0.2, 0.25) is 0 Å². The van der Waals surface area contributed by atoms with Crippen LogP contribution in [0.4, 0.5) is 0 Å². The van der Waals surface area contributed by atoms with Gasteiger partial charge in [0.05, 0.1) is 22.8 Å². The Balaban J connectivity index is 1.61. The quantitative estimate of drug-likeness (QED) is 0.293. The predicted octanol–water partition coefficient (Wildman–Crippen LogP) is 7.47. The third kappa shape index (κ3) is 3.71. The van der Waals surface area contributed by atoms with E-state index in [9.17, 15) is 0 Å². The van der Waals surface area contributed by atoms with E-state index in [4.69, 9.17) is 9.97 Å². The molecule has 162 valence electrons. The van der Waals surface area contributed by atoms with Gasteiger partial charge in [-0.05, 0) is 0 Å². The summed E-state index contributed by atoms with van der Waals surface area (Å²) in [4.78, 5) is 17.3. The maximum atomic E-state index is 5.04. The van der Waals surface area contributed by atoms with Crippen LogP contribution in [0.15, 0.2) is 121 Å². The van der Waals surface area contributed by atoms with Crippen LogP contribution >= 0.6 is 0 Å². The molecule has 0 saturated heterocycles. The van der Waals surface area contributed by atoms with Crippen LogP contribution in [0.2, 0.25) is 0 Å². The predicted molar refractivity (Wildman–Crippen MR) is 138 cm³/mol. The first-order chi connectivity index (χ1) is 16.9. The first-order valence-corrected chi connectivity index (χ1v) is 11.3. The third-order valence-electron chi connectivity index (χ3n) is 5.85. The highest BCUT2D eigenvalue weighted by Crippen LogP contribution is 2.38.